The largest absolute Gasteiger partial charge is 0.271 e. The first kappa shape index (κ1) is 12.4. The van der Waals surface area contributed by atoms with E-state index in [2.05, 4.69) is 19.3 Å². The van der Waals surface area contributed by atoms with Crippen molar-refractivity contribution < 1.29 is 0 Å². The molecule has 0 aromatic heterocycles. The molecule has 0 heterocycles. The lowest BCUT2D eigenvalue weighted by atomic mass is 9.64. The Labute approximate surface area is 100 Å². The standard InChI is InChI=1S/C14H28N2/c1-11(2)10-14(8-3-4-9-14)13(16-15)12-6-5-7-12/h11-13,16H,3-10,15H2,1-2H3. The molecule has 2 fully saturated rings. The van der Waals surface area contributed by atoms with Gasteiger partial charge in [0.25, 0.3) is 0 Å². The van der Waals surface area contributed by atoms with E-state index in [1.807, 2.05) is 0 Å². The molecule has 0 aromatic carbocycles. The van der Waals surface area contributed by atoms with Gasteiger partial charge >= 0.3 is 0 Å². The number of nitrogens with two attached hydrogens (primary N) is 1. The fourth-order valence-corrected chi connectivity index (χ4v) is 4.12. The van der Waals surface area contributed by atoms with Crippen molar-refractivity contribution in [3.8, 4) is 0 Å². The first-order chi connectivity index (χ1) is 7.68. The van der Waals surface area contributed by atoms with Crippen LogP contribution in [0.25, 0.3) is 0 Å². The Bertz CT molecular complexity index is 215. The van der Waals surface area contributed by atoms with E-state index in [4.69, 9.17) is 5.84 Å². The fraction of sp³-hybridized carbons (Fsp3) is 1.00. The molecule has 2 aliphatic rings. The zero-order valence-electron chi connectivity index (χ0n) is 11.0. The molecule has 2 nitrogen and oxygen atoms in total. The number of hydrazine groups is 1. The summed E-state index contributed by atoms with van der Waals surface area (Å²) < 4.78 is 0. The van der Waals surface area contributed by atoms with Gasteiger partial charge in [-0.05, 0) is 49.4 Å². The highest BCUT2D eigenvalue weighted by Crippen LogP contribution is 2.50. The molecule has 0 saturated heterocycles. The van der Waals surface area contributed by atoms with Gasteiger partial charge in [-0.25, -0.2) is 0 Å². The minimum atomic E-state index is 0.522. The van der Waals surface area contributed by atoms with E-state index >= 15 is 0 Å². The summed E-state index contributed by atoms with van der Waals surface area (Å²) in [6, 6.07) is 0.589. The molecule has 1 unspecified atom stereocenters. The van der Waals surface area contributed by atoms with Crippen LogP contribution in [0.5, 0.6) is 0 Å². The van der Waals surface area contributed by atoms with Crippen molar-refractivity contribution in [1.29, 1.82) is 0 Å². The lowest BCUT2D eigenvalue weighted by Crippen LogP contribution is -2.54. The van der Waals surface area contributed by atoms with Crippen LogP contribution in [-0.4, -0.2) is 6.04 Å². The Morgan fingerprint density at radius 1 is 1.19 bits per heavy atom. The quantitative estimate of drug-likeness (QED) is 0.556. The molecule has 0 spiro atoms. The van der Waals surface area contributed by atoms with Gasteiger partial charge in [-0.1, -0.05) is 33.1 Å². The second kappa shape index (κ2) is 5.05. The van der Waals surface area contributed by atoms with E-state index in [9.17, 15) is 0 Å². The van der Waals surface area contributed by atoms with Crippen LogP contribution in [0.3, 0.4) is 0 Å². The molecular weight excluding hydrogens is 196 g/mol. The van der Waals surface area contributed by atoms with E-state index in [1.165, 1.54) is 51.4 Å². The molecule has 94 valence electrons. The first-order valence-corrected chi connectivity index (χ1v) is 7.14. The molecule has 1 atom stereocenters. The van der Waals surface area contributed by atoms with Gasteiger partial charge in [-0.3, -0.25) is 11.3 Å². The number of rotatable bonds is 5. The molecule has 2 saturated carbocycles. The molecule has 0 amide bonds. The highest BCUT2D eigenvalue weighted by Gasteiger charge is 2.45. The Morgan fingerprint density at radius 2 is 1.81 bits per heavy atom. The first-order valence-electron chi connectivity index (χ1n) is 7.14. The molecule has 16 heavy (non-hydrogen) atoms. The van der Waals surface area contributed by atoms with Gasteiger partial charge < -0.3 is 0 Å². The van der Waals surface area contributed by atoms with E-state index < -0.39 is 0 Å². The molecule has 2 heteroatoms. The summed E-state index contributed by atoms with van der Waals surface area (Å²) in [5.74, 6) is 7.54. The fourth-order valence-electron chi connectivity index (χ4n) is 4.12. The molecule has 0 radical (unpaired) electrons. The third-order valence-corrected chi connectivity index (χ3v) is 4.87. The van der Waals surface area contributed by atoms with Crippen LogP contribution in [0.1, 0.15) is 65.2 Å². The van der Waals surface area contributed by atoms with E-state index in [-0.39, 0.29) is 0 Å². The van der Waals surface area contributed by atoms with Crippen molar-refractivity contribution in [2.75, 3.05) is 0 Å². The molecule has 3 N–H and O–H groups in total. The monoisotopic (exact) mass is 224 g/mol. The van der Waals surface area contributed by atoms with E-state index in [1.54, 1.807) is 0 Å². The Balaban J connectivity index is 2.08. The molecule has 0 aliphatic heterocycles. The minimum absolute atomic E-state index is 0.522. The number of hydrogen-bond donors (Lipinski definition) is 2. The van der Waals surface area contributed by atoms with Crippen LogP contribution < -0.4 is 11.3 Å². The van der Waals surface area contributed by atoms with Crippen molar-refractivity contribution in [3.05, 3.63) is 0 Å². The molecule has 2 rings (SSSR count). The zero-order valence-corrected chi connectivity index (χ0v) is 11.0. The summed E-state index contributed by atoms with van der Waals surface area (Å²) in [5, 5.41) is 0. The predicted octanol–water partition coefficient (Wildman–Crippen LogP) is 3.22. The van der Waals surface area contributed by atoms with Crippen molar-refractivity contribution in [2.24, 2.45) is 23.1 Å². The normalized spacial score (nSPS) is 27.0. The maximum Gasteiger partial charge on any atom is 0.0295 e. The van der Waals surface area contributed by atoms with Gasteiger partial charge in [0.2, 0.25) is 0 Å². The van der Waals surface area contributed by atoms with Crippen LogP contribution in [0.15, 0.2) is 0 Å². The lowest BCUT2D eigenvalue weighted by Gasteiger charge is -2.46. The van der Waals surface area contributed by atoms with E-state index in [0.29, 0.717) is 11.5 Å². The van der Waals surface area contributed by atoms with Gasteiger partial charge in [-0.15, -0.1) is 0 Å². The predicted molar refractivity (Wildman–Crippen MR) is 68.8 cm³/mol. The summed E-state index contributed by atoms with van der Waals surface area (Å²) in [4.78, 5) is 0. The second-order valence-electron chi connectivity index (χ2n) is 6.50. The Kier molecular flexibility index (Phi) is 3.91. The van der Waals surface area contributed by atoms with Gasteiger partial charge in [0.05, 0.1) is 0 Å². The number of hydrogen-bond acceptors (Lipinski definition) is 2. The summed E-state index contributed by atoms with van der Waals surface area (Å²) >= 11 is 0. The summed E-state index contributed by atoms with van der Waals surface area (Å²) in [6.45, 7) is 4.71. The highest BCUT2D eigenvalue weighted by molar-refractivity contribution is 4.99. The van der Waals surface area contributed by atoms with Crippen molar-refractivity contribution in [2.45, 2.75) is 71.3 Å². The zero-order chi connectivity index (χ0) is 11.6. The topological polar surface area (TPSA) is 38.0 Å². The second-order valence-corrected chi connectivity index (χ2v) is 6.50. The van der Waals surface area contributed by atoms with E-state index in [0.717, 1.165) is 11.8 Å². The van der Waals surface area contributed by atoms with Gasteiger partial charge in [-0.2, -0.15) is 0 Å². The summed E-state index contributed by atoms with van der Waals surface area (Å²) in [5.41, 5.74) is 3.71. The van der Waals surface area contributed by atoms with Crippen molar-refractivity contribution in [3.63, 3.8) is 0 Å². The molecule has 2 aliphatic carbocycles. The SMILES string of the molecule is CC(C)CC1(C(NN)C2CCC2)CCCC1. The van der Waals surface area contributed by atoms with Gasteiger partial charge in [0, 0.05) is 6.04 Å². The van der Waals surface area contributed by atoms with Crippen molar-refractivity contribution >= 4 is 0 Å². The Hall–Kier alpha value is -0.0800. The molecule has 0 aromatic rings. The van der Waals surface area contributed by atoms with Crippen LogP contribution in [-0.2, 0) is 0 Å². The third-order valence-electron chi connectivity index (χ3n) is 4.87. The molecular formula is C14H28N2. The third kappa shape index (κ3) is 2.28. The highest BCUT2D eigenvalue weighted by atomic mass is 15.2. The smallest absolute Gasteiger partial charge is 0.0295 e. The van der Waals surface area contributed by atoms with Crippen LogP contribution >= 0.6 is 0 Å². The molecule has 0 bridgehead atoms. The number of nitrogens with one attached hydrogen (secondary N) is 1. The average Bonchev–Trinajstić information content (AvgIpc) is 2.59. The summed E-state index contributed by atoms with van der Waals surface area (Å²) in [6.07, 6.45) is 11.2. The van der Waals surface area contributed by atoms with Crippen LogP contribution in [0.4, 0.5) is 0 Å². The lowest BCUT2D eigenvalue weighted by molar-refractivity contribution is 0.0734. The van der Waals surface area contributed by atoms with Crippen LogP contribution in [0.2, 0.25) is 0 Å². The minimum Gasteiger partial charge on any atom is -0.271 e. The van der Waals surface area contributed by atoms with Crippen molar-refractivity contribution in [1.82, 2.24) is 5.43 Å². The maximum atomic E-state index is 5.87. The maximum absolute atomic E-state index is 5.87. The Morgan fingerprint density at radius 3 is 2.19 bits per heavy atom. The average molecular weight is 224 g/mol. The van der Waals surface area contributed by atoms with Gasteiger partial charge in [0.1, 0.15) is 0 Å². The van der Waals surface area contributed by atoms with Gasteiger partial charge in [0.15, 0.2) is 0 Å². The van der Waals surface area contributed by atoms with Crippen LogP contribution in [0, 0.1) is 17.3 Å². The summed E-state index contributed by atoms with van der Waals surface area (Å²) in [7, 11) is 0.